The van der Waals surface area contributed by atoms with Crippen LogP contribution in [0.1, 0.15) is 24.7 Å². The van der Waals surface area contributed by atoms with Gasteiger partial charge < -0.3 is 0 Å². The highest BCUT2D eigenvalue weighted by atomic mass is 79.9. The van der Waals surface area contributed by atoms with Gasteiger partial charge in [-0.25, -0.2) is 0 Å². The monoisotopic (exact) mass is 363 g/mol. The third-order valence-corrected chi connectivity index (χ3v) is 5.81. The SMILES string of the molecule is Cc1nn(C)c(CN2CCC(C)C(Br)C2)c1Br. The molecule has 0 aliphatic carbocycles. The molecule has 1 saturated heterocycles. The number of piperidine rings is 1. The van der Waals surface area contributed by atoms with Gasteiger partial charge in [-0.1, -0.05) is 22.9 Å². The van der Waals surface area contributed by atoms with E-state index in [-0.39, 0.29) is 0 Å². The molecule has 2 unspecified atom stereocenters. The fourth-order valence-corrected chi connectivity index (χ4v) is 3.43. The number of hydrogen-bond acceptors (Lipinski definition) is 2. The minimum Gasteiger partial charge on any atom is -0.296 e. The van der Waals surface area contributed by atoms with Gasteiger partial charge in [0, 0.05) is 25.0 Å². The second kappa shape index (κ2) is 5.41. The molecule has 0 aromatic carbocycles. The molecule has 17 heavy (non-hydrogen) atoms. The van der Waals surface area contributed by atoms with Gasteiger partial charge in [-0.05, 0) is 41.7 Å². The molecule has 1 aliphatic heterocycles. The predicted molar refractivity (Wildman–Crippen MR) is 77.4 cm³/mol. The van der Waals surface area contributed by atoms with E-state index < -0.39 is 0 Å². The van der Waals surface area contributed by atoms with E-state index in [1.807, 2.05) is 18.7 Å². The Morgan fingerprint density at radius 2 is 2.18 bits per heavy atom. The highest BCUT2D eigenvalue weighted by molar-refractivity contribution is 9.10. The van der Waals surface area contributed by atoms with E-state index in [0.29, 0.717) is 4.83 Å². The Morgan fingerprint density at radius 3 is 2.71 bits per heavy atom. The van der Waals surface area contributed by atoms with E-state index >= 15 is 0 Å². The summed E-state index contributed by atoms with van der Waals surface area (Å²) in [6.45, 7) is 7.64. The Morgan fingerprint density at radius 1 is 1.47 bits per heavy atom. The zero-order valence-corrected chi connectivity index (χ0v) is 13.8. The number of likely N-dealkylation sites (tertiary alicyclic amines) is 1. The first-order chi connectivity index (χ1) is 7.99. The molecule has 0 saturated carbocycles. The Balaban J connectivity index is 2.06. The van der Waals surface area contributed by atoms with Crippen molar-refractivity contribution < 1.29 is 0 Å². The number of nitrogens with zero attached hydrogens (tertiary/aromatic N) is 3. The molecule has 0 bridgehead atoms. The number of alkyl halides is 1. The van der Waals surface area contributed by atoms with Crippen molar-refractivity contribution in [3.63, 3.8) is 0 Å². The van der Waals surface area contributed by atoms with Crippen LogP contribution in [0.5, 0.6) is 0 Å². The van der Waals surface area contributed by atoms with E-state index in [1.165, 1.54) is 18.7 Å². The Kier molecular flexibility index (Phi) is 4.31. The van der Waals surface area contributed by atoms with Crippen molar-refractivity contribution in [2.75, 3.05) is 13.1 Å². The summed E-state index contributed by atoms with van der Waals surface area (Å²) in [5.41, 5.74) is 2.35. The van der Waals surface area contributed by atoms with E-state index in [4.69, 9.17) is 0 Å². The average Bonchev–Trinajstić information content (AvgIpc) is 2.50. The van der Waals surface area contributed by atoms with Crippen molar-refractivity contribution in [3.8, 4) is 0 Å². The molecule has 2 heterocycles. The molecular weight excluding hydrogens is 346 g/mol. The zero-order chi connectivity index (χ0) is 12.6. The summed E-state index contributed by atoms with van der Waals surface area (Å²) in [6, 6.07) is 0. The Labute approximate surface area is 120 Å². The van der Waals surface area contributed by atoms with Gasteiger partial charge in [0.15, 0.2) is 0 Å². The van der Waals surface area contributed by atoms with Crippen LogP contribution in [-0.2, 0) is 13.6 Å². The van der Waals surface area contributed by atoms with Crippen LogP contribution in [0.4, 0.5) is 0 Å². The summed E-state index contributed by atoms with van der Waals surface area (Å²) in [7, 11) is 2.02. The lowest BCUT2D eigenvalue weighted by atomic mass is 9.99. The van der Waals surface area contributed by atoms with Gasteiger partial charge >= 0.3 is 0 Å². The topological polar surface area (TPSA) is 21.1 Å². The third kappa shape index (κ3) is 2.93. The van der Waals surface area contributed by atoms with E-state index in [2.05, 4.69) is 48.8 Å². The van der Waals surface area contributed by atoms with Crippen molar-refractivity contribution in [1.82, 2.24) is 14.7 Å². The minimum absolute atomic E-state index is 0.615. The molecule has 5 heteroatoms. The van der Waals surface area contributed by atoms with Gasteiger partial charge in [0.05, 0.1) is 15.9 Å². The zero-order valence-electron chi connectivity index (χ0n) is 10.6. The van der Waals surface area contributed by atoms with Crippen molar-refractivity contribution in [2.45, 2.75) is 31.6 Å². The summed E-state index contributed by atoms with van der Waals surface area (Å²) in [4.78, 5) is 3.12. The molecule has 1 aromatic rings. The molecule has 0 N–H and O–H groups in total. The summed E-state index contributed by atoms with van der Waals surface area (Å²) >= 11 is 7.41. The van der Waals surface area contributed by atoms with Crippen molar-refractivity contribution in [1.29, 1.82) is 0 Å². The third-order valence-electron chi connectivity index (χ3n) is 3.59. The second-order valence-corrected chi connectivity index (χ2v) is 6.96. The van der Waals surface area contributed by atoms with Crippen LogP contribution in [0.15, 0.2) is 4.47 Å². The molecular formula is C12H19Br2N3. The van der Waals surface area contributed by atoms with Crippen molar-refractivity contribution in [3.05, 3.63) is 15.9 Å². The van der Waals surface area contributed by atoms with E-state index in [0.717, 1.165) is 29.2 Å². The first-order valence-electron chi connectivity index (χ1n) is 6.03. The molecule has 3 nitrogen and oxygen atoms in total. The fraction of sp³-hybridized carbons (Fsp3) is 0.750. The van der Waals surface area contributed by atoms with Crippen LogP contribution < -0.4 is 0 Å². The summed E-state index contributed by atoms with van der Waals surface area (Å²) in [6.07, 6.45) is 1.27. The molecule has 2 rings (SSSR count). The molecule has 0 spiro atoms. The maximum atomic E-state index is 4.44. The number of hydrogen-bond donors (Lipinski definition) is 0. The summed E-state index contributed by atoms with van der Waals surface area (Å²) in [5.74, 6) is 0.781. The quantitative estimate of drug-likeness (QED) is 0.752. The lowest BCUT2D eigenvalue weighted by Gasteiger charge is -2.34. The van der Waals surface area contributed by atoms with Gasteiger partial charge in [-0.2, -0.15) is 5.10 Å². The van der Waals surface area contributed by atoms with Crippen LogP contribution >= 0.6 is 31.9 Å². The van der Waals surface area contributed by atoms with Crippen LogP contribution in [0.2, 0.25) is 0 Å². The number of aryl methyl sites for hydroxylation is 2. The molecule has 96 valence electrons. The van der Waals surface area contributed by atoms with Crippen molar-refractivity contribution in [2.24, 2.45) is 13.0 Å². The average molecular weight is 365 g/mol. The lowest BCUT2D eigenvalue weighted by molar-refractivity contribution is 0.189. The van der Waals surface area contributed by atoms with Crippen LogP contribution in [0.25, 0.3) is 0 Å². The maximum Gasteiger partial charge on any atom is 0.0739 e. The maximum absolute atomic E-state index is 4.44. The van der Waals surface area contributed by atoms with Gasteiger partial charge in [0.1, 0.15) is 0 Å². The van der Waals surface area contributed by atoms with Crippen LogP contribution in [0.3, 0.4) is 0 Å². The molecule has 1 fully saturated rings. The summed E-state index contributed by atoms with van der Waals surface area (Å²) in [5, 5.41) is 4.44. The highest BCUT2D eigenvalue weighted by Gasteiger charge is 2.25. The first kappa shape index (κ1) is 13.6. The fourth-order valence-electron chi connectivity index (χ4n) is 2.29. The smallest absolute Gasteiger partial charge is 0.0739 e. The summed E-state index contributed by atoms with van der Waals surface area (Å²) < 4.78 is 3.14. The van der Waals surface area contributed by atoms with Gasteiger partial charge in [-0.3, -0.25) is 9.58 Å². The van der Waals surface area contributed by atoms with E-state index in [9.17, 15) is 0 Å². The molecule has 1 aliphatic rings. The highest BCUT2D eigenvalue weighted by Crippen LogP contribution is 2.27. The molecule has 0 amide bonds. The first-order valence-corrected chi connectivity index (χ1v) is 7.74. The Bertz CT molecular complexity index is 403. The van der Waals surface area contributed by atoms with E-state index in [1.54, 1.807) is 0 Å². The lowest BCUT2D eigenvalue weighted by Crippen LogP contribution is -2.39. The van der Waals surface area contributed by atoms with Crippen LogP contribution in [-0.4, -0.2) is 32.6 Å². The normalized spacial score (nSPS) is 26.4. The van der Waals surface area contributed by atoms with Gasteiger partial charge in [0.2, 0.25) is 0 Å². The standard InChI is InChI=1S/C12H19Br2N3/c1-8-4-5-17(6-10(8)13)7-11-12(14)9(2)15-16(11)3/h8,10H,4-7H2,1-3H3. The van der Waals surface area contributed by atoms with Crippen molar-refractivity contribution >= 4 is 31.9 Å². The van der Waals surface area contributed by atoms with Crippen LogP contribution in [0, 0.1) is 12.8 Å². The number of rotatable bonds is 2. The second-order valence-electron chi connectivity index (χ2n) is 4.99. The Hall–Kier alpha value is 0.130. The van der Waals surface area contributed by atoms with Gasteiger partial charge in [0.25, 0.3) is 0 Å². The molecule has 0 radical (unpaired) electrons. The largest absolute Gasteiger partial charge is 0.296 e. The predicted octanol–water partition coefficient (Wildman–Crippen LogP) is 3.10. The molecule has 1 aromatic heterocycles. The minimum atomic E-state index is 0.615. The van der Waals surface area contributed by atoms with Gasteiger partial charge in [-0.15, -0.1) is 0 Å². The molecule has 2 atom stereocenters. The number of aromatic nitrogens is 2. The number of halogens is 2.